The second-order valence-corrected chi connectivity index (χ2v) is 3.90. The molecule has 1 N–H and O–H groups in total. The Kier molecular flexibility index (Phi) is 4.34. The predicted octanol–water partition coefficient (Wildman–Crippen LogP) is 1.64. The number of aliphatic carboxylic acids is 1. The third-order valence-corrected chi connectivity index (χ3v) is 2.50. The van der Waals surface area contributed by atoms with Crippen LogP contribution >= 0.6 is 0 Å². The van der Waals surface area contributed by atoms with E-state index in [1.54, 1.807) is 0 Å². The molecule has 0 bridgehead atoms. The SMILES string of the molecule is C=C1CC(C(=O)O)N(C(=O)OCCCC)C1. The number of rotatable bonds is 4. The summed E-state index contributed by atoms with van der Waals surface area (Å²) < 4.78 is 4.98. The van der Waals surface area contributed by atoms with Crippen LogP contribution in [0.5, 0.6) is 0 Å². The highest BCUT2D eigenvalue weighted by Gasteiger charge is 2.36. The van der Waals surface area contributed by atoms with Gasteiger partial charge in [-0.25, -0.2) is 9.59 Å². The summed E-state index contributed by atoms with van der Waals surface area (Å²) in [6.45, 7) is 6.31. The van der Waals surface area contributed by atoms with E-state index in [9.17, 15) is 9.59 Å². The molecule has 0 spiro atoms. The summed E-state index contributed by atoms with van der Waals surface area (Å²) in [7, 11) is 0. The molecule has 90 valence electrons. The highest BCUT2D eigenvalue weighted by Crippen LogP contribution is 2.22. The molecule has 1 aliphatic heterocycles. The van der Waals surface area contributed by atoms with Crippen LogP contribution in [0.15, 0.2) is 12.2 Å². The average Bonchev–Trinajstić information content (AvgIpc) is 2.61. The largest absolute Gasteiger partial charge is 0.480 e. The minimum atomic E-state index is -1.01. The molecule has 0 aromatic carbocycles. The number of unbranched alkanes of at least 4 members (excludes halogenated alkanes) is 1. The molecule has 1 amide bonds. The number of carboxylic acid groups (broad SMARTS) is 1. The first kappa shape index (κ1) is 12.5. The Balaban J connectivity index is 2.53. The van der Waals surface area contributed by atoms with Gasteiger partial charge in [-0.2, -0.15) is 0 Å². The van der Waals surface area contributed by atoms with Crippen molar-refractivity contribution in [2.45, 2.75) is 32.2 Å². The molecule has 0 saturated carbocycles. The van der Waals surface area contributed by atoms with Crippen molar-refractivity contribution in [3.05, 3.63) is 12.2 Å². The minimum Gasteiger partial charge on any atom is -0.480 e. The van der Waals surface area contributed by atoms with Crippen molar-refractivity contribution in [2.24, 2.45) is 0 Å². The van der Waals surface area contributed by atoms with Crippen molar-refractivity contribution in [3.8, 4) is 0 Å². The van der Waals surface area contributed by atoms with Crippen LogP contribution in [0.1, 0.15) is 26.2 Å². The molecule has 0 aromatic rings. The van der Waals surface area contributed by atoms with Gasteiger partial charge < -0.3 is 9.84 Å². The number of hydrogen-bond donors (Lipinski definition) is 1. The van der Waals surface area contributed by atoms with Crippen molar-refractivity contribution in [1.29, 1.82) is 0 Å². The molecule has 5 heteroatoms. The number of carboxylic acids is 1. The summed E-state index contributed by atoms with van der Waals surface area (Å²) in [5, 5.41) is 8.93. The predicted molar refractivity (Wildman–Crippen MR) is 58.1 cm³/mol. The first-order valence-corrected chi connectivity index (χ1v) is 5.39. The van der Waals surface area contributed by atoms with E-state index in [1.165, 1.54) is 4.90 Å². The molecule has 5 nitrogen and oxygen atoms in total. The van der Waals surface area contributed by atoms with E-state index < -0.39 is 18.1 Å². The zero-order chi connectivity index (χ0) is 12.1. The lowest BCUT2D eigenvalue weighted by molar-refractivity contribution is -0.141. The molecule has 1 fully saturated rings. The number of amides is 1. The third kappa shape index (κ3) is 2.98. The monoisotopic (exact) mass is 227 g/mol. The van der Waals surface area contributed by atoms with Crippen molar-refractivity contribution < 1.29 is 19.4 Å². The number of nitrogens with zero attached hydrogens (tertiary/aromatic N) is 1. The smallest absolute Gasteiger partial charge is 0.410 e. The van der Waals surface area contributed by atoms with E-state index in [2.05, 4.69) is 6.58 Å². The maximum absolute atomic E-state index is 11.6. The summed E-state index contributed by atoms with van der Waals surface area (Å²) in [5.74, 6) is -1.01. The van der Waals surface area contributed by atoms with Crippen molar-refractivity contribution in [1.82, 2.24) is 4.90 Å². The Hall–Kier alpha value is -1.52. The normalized spacial score (nSPS) is 19.9. The van der Waals surface area contributed by atoms with Gasteiger partial charge in [0.1, 0.15) is 6.04 Å². The highest BCUT2D eigenvalue weighted by molar-refractivity contribution is 5.81. The molecular weight excluding hydrogens is 210 g/mol. The molecule has 0 radical (unpaired) electrons. The first-order valence-electron chi connectivity index (χ1n) is 5.39. The number of carbonyl (C=O) groups excluding carboxylic acids is 1. The number of hydrogen-bond acceptors (Lipinski definition) is 3. The molecule has 1 atom stereocenters. The molecule has 0 aliphatic carbocycles. The van der Waals surface area contributed by atoms with Gasteiger partial charge in [-0.15, -0.1) is 0 Å². The Morgan fingerprint density at radius 1 is 1.62 bits per heavy atom. The van der Waals surface area contributed by atoms with Crippen LogP contribution in [0.2, 0.25) is 0 Å². The summed E-state index contributed by atoms with van der Waals surface area (Å²) in [6.07, 6.45) is 1.48. The quantitative estimate of drug-likeness (QED) is 0.585. The molecule has 16 heavy (non-hydrogen) atoms. The van der Waals surface area contributed by atoms with Gasteiger partial charge in [0.2, 0.25) is 0 Å². The highest BCUT2D eigenvalue weighted by atomic mass is 16.6. The fraction of sp³-hybridized carbons (Fsp3) is 0.636. The van der Waals surface area contributed by atoms with Crippen LogP contribution < -0.4 is 0 Å². The van der Waals surface area contributed by atoms with Gasteiger partial charge in [-0.05, 0) is 6.42 Å². The first-order chi connectivity index (χ1) is 7.56. The molecule has 0 aromatic heterocycles. The van der Waals surface area contributed by atoms with Gasteiger partial charge in [-0.1, -0.05) is 25.5 Å². The number of carbonyl (C=O) groups is 2. The molecule has 1 saturated heterocycles. The topological polar surface area (TPSA) is 66.8 Å². The Morgan fingerprint density at radius 3 is 2.88 bits per heavy atom. The van der Waals surface area contributed by atoms with Crippen LogP contribution in [-0.4, -0.2) is 41.3 Å². The Labute approximate surface area is 94.7 Å². The summed E-state index contributed by atoms with van der Waals surface area (Å²) in [6, 6.07) is -0.818. The summed E-state index contributed by atoms with van der Waals surface area (Å²) >= 11 is 0. The van der Waals surface area contributed by atoms with E-state index in [1.807, 2.05) is 6.92 Å². The van der Waals surface area contributed by atoms with Gasteiger partial charge >= 0.3 is 12.1 Å². The minimum absolute atomic E-state index is 0.280. The van der Waals surface area contributed by atoms with Gasteiger partial charge in [0.25, 0.3) is 0 Å². The fourth-order valence-corrected chi connectivity index (χ4v) is 1.60. The lowest BCUT2D eigenvalue weighted by atomic mass is 10.2. The summed E-state index contributed by atoms with van der Waals surface area (Å²) in [5.41, 5.74) is 0.750. The van der Waals surface area contributed by atoms with E-state index >= 15 is 0 Å². The van der Waals surface area contributed by atoms with E-state index in [0.29, 0.717) is 13.0 Å². The van der Waals surface area contributed by atoms with Gasteiger partial charge in [-0.3, -0.25) is 4.90 Å². The maximum atomic E-state index is 11.6. The van der Waals surface area contributed by atoms with Crippen LogP contribution in [0, 0.1) is 0 Å². The van der Waals surface area contributed by atoms with Crippen LogP contribution in [0.3, 0.4) is 0 Å². The van der Waals surface area contributed by atoms with Gasteiger partial charge in [0, 0.05) is 13.0 Å². The number of ether oxygens (including phenoxy) is 1. The van der Waals surface area contributed by atoms with E-state index in [4.69, 9.17) is 9.84 Å². The standard InChI is InChI=1S/C11H17NO4/c1-3-4-5-16-11(15)12-7-8(2)6-9(12)10(13)14/h9H,2-7H2,1H3,(H,13,14). The third-order valence-electron chi connectivity index (χ3n) is 2.50. The maximum Gasteiger partial charge on any atom is 0.410 e. The van der Waals surface area contributed by atoms with E-state index in [-0.39, 0.29) is 6.54 Å². The van der Waals surface area contributed by atoms with Crippen LogP contribution in [0.4, 0.5) is 4.79 Å². The Morgan fingerprint density at radius 2 is 2.31 bits per heavy atom. The van der Waals surface area contributed by atoms with Gasteiger partial charge in [0.05, 0.1) is 6.61 Å². The lowest BCUT2D eigenvalue weighted by Crippen LogP contribution is -2.40. The van der Waals surface area contributed by atoms with Crippen LogP contribution in [-0.2, 0) is 9.53 Å². The summed E-state index contributed by atoms with van der Waals surface area (Å²) in [4.78, 5) is 23.7. The van der Waals surface area contributed by atoms with Crippen molar-refractivity contribution in [2.75, 3.05) is 13.2 Å². The van der Waals surface area contributed by atoms with E-state index in [0.717, 1.165) is 18.4 Å². The molecule has 1 heterocycles. The zero-order valence-electron chi connectivity index (χ0n) is 9.44. The average molecular weight is 227 g/mol. The lowest BCUT2D eigenvalue weighted by Gasteiger charge is -2.20. The molecule has 1 rings (SSSR count). The molecule has 1 unspecified atom stereocenters. The van der Waals surface area contributed by atoms with Gasteiger partial charge in [0.15, 0.2) is 0 Å². The van der Waals surface area contributed by atoms with Crippen molar-refractivity contribution in [3.63, 3.8) is 0 Å². The second-order valence-electron chi connectivity index (χ2n) is 3.90. The molecular formula is C11H17NO4. The van der Waals surface area contributed by atoms with Crippen LogP contribution in [0.25, 0.3) is 0 Å². The molecule has 1 aliphatic rings. The Bertz CT molecular complexity index is 300. The zero-order valence-corrected chi connectivity index (χ0v) is 9.44. The fourth-order valence-electron chi connectivity index (χ4n) is 1.60. The second kappa shape index (κ2) is 5.53. The number of likely N-dealkylation sites (tertiary alicyclic amines) is 1. The van der Waals surface area contributed by atoms with Crippen molar-refractivity contribution >= 4 is 12.1 Å².